The molecule has 8 heteroatoms. The lowest BCUT2D eigenvalue weighted by Crippen LogP contribution is -2.22. The summed E-state index contributed by atoms with van der Waals surface area (Å²) in [6, 6.07) is 2.32. The Morgan fingerprint density at radius 3 is 2.28 bits per heavy atom. The number of benzene rings is 1. The molecule has 0 saturated heterocycles. The lowest BCUT2D eigenvalue weighted by molar-refractivity contribution is 0.588. The van der Waals surface area contributed by atoms with E-state index in [-0.39, 0.29) is 33.3 Å². The van der Waals surface area contributed by atoms with Gasteiger partial charge in [0.2, 0.25) is 10.0 Å². The molecule has 1 aromatic carbocycles. The van der Waals surface area contributed by atoms with Gasteiger partial charge in [-0.25, -0.2) is 12.8 Å². The zero-order valence-corrected chi connectivity index (χ0v) is 12.5. The number of alkyl halides is 1. The van der Waals surface area contributed by atoms with Crippen LogP contribution in [0.25, 0.3) is 0 Å². The predicted octanol–water partition coefficient (Wildman–Crippen LogP) is 3.75. The minimum atomic E-state index is -3.57. The molecule has 1 atom stereocenters. The highest BCUT2D eigenvalue weighted by Crippen LogP contribution is 2.28. The van der Waals surface area contributed by atoms with E-state index in [1.807, 2.05) is 0 Å². The molecule has 0 amide bonds. The van der Waals surface area contributed by atoms with E-state index in [1.54, 1.807) is 6.92 Å². The van der Waals surface area contributed by atoms with Gasteiger partial charge in [-0.05, 0) is 18.1 Å². The highest BCUT2D eigenvalue weighted by Gasteiger charge is 2.16. The fourth-order valence-corrected chi connectivity index (χ4v) is 3.41. The maximum atomic E-state index is 13.1. The molecule has 0 radical (unpaired) electrons. The summed E-state index contributed by atoms with van der Waals surface area (Å²) in [5.74, 6) is -0.888. The van der Waals surface area contributed by atoms with E-state index in [2.05, 4.69) is 4.72 Å². The van der Waals surface area contributed by atoms with Crippen molar-refractivity contribution in [3.05, 3.63) is 28.0 Å². The zero-order valence-electron chi connectivity index (χ0n) is 9.38. The molecular formula is C10H11Cl3FNO2S. The Balaban J connectivity index is 2.91. The molecule has 1 rings (SSSR count). The summed E-state index contributed by atoms with van der Waals surface area (Å²) in [6.45, 7) is 1.71. The third-order valence-electron chi connectivity index (χ3n) is 2.02. The molecule has 0 heterocycles. The number of rotatable bonds is 5. The monoisotopic (exact) mass is 333 g/mol. The van der Waals surface area contributed by atoms with Crippen LogP contribution in [0.5, 0.6) is 0 Å². The van der Waals surface area contributed by atoms with Gasteiger partial charge in [0.15, 0.2) is 5.82 Å². The highest BCUT2D eigenvalue weighted by molar-refractivity contribution is 7.92. The molecule has 0 fully saturated rings. The van der Waals surface area contributed by atoms with E-state index >= 15 is 0 Å². The molecule has 102 valence electrons. The van der Waals surface area contributed by atoms with Crippen molar-refractivity contribution in [3.8, 4) is 0 Å². The van der Waals surface area contributed by atoms with E-state index in [0.29, 0.717) is 0 Å². The first-order valence-corrected chi connectivity index (χ1v) is 7.90. The first-order valence-electron chi connectivity index (χ1n) is 4.96. The Morgan fingerprint density at radius 1 is 1.33 bits per heavy atom. The summed E-state index contributed by atoms with van der Waals surface area (Å²) in [4.78, 5) is 0. The van der Waals surface area contributed by atoms with Crippen LogP contribution in [0.3, 0.4) is 0 Å². The average molecular weight is 335 g/mol. The second kappa shape index (κ2) is 6.28. The van der Waals surface area contributed by atoms with Crippen LogP contribution in [0.1, 0.15) is 6.92 Å². The maximum Gasteiger partial charge on any atom is 0.233 e. The molecule has 18 heavy (non-hydrogen) atoms. The van der Waals surface area contributed by atoms with Gasteiger partial charge in [0.1, 0.15) is 0 Å². The molecule has 0 aliphatic rings. The molecule has 1 aromatic rings. The number of anilines is 1. The molecule has 0 aromatic heterocycles. The van der Waals surface area contributed by atoms with Crippen molar-refractivity contribution in [2.45, 2.75) is 6.92 Å². The summed E-state index contributed by atoms with van der Waals surface area (Å²) < 4.78 is 38.9. The molecule has 3 nitrogen and oxygen atoms in total. The van der Waals surface area contributed by atoms with E-state index in [9.17, 15) is 12.8 Å². The second-order valence-electron chi connectivity index (χ2n) is 3.90. The Labute approximate surface area is 120 Å². The third-order valence-corrected chi connectivity index (χ3v) is 4.66. The van der Waals surface area contributed by atoms with Gasteiger partial charge in [0.05, 0.1) is 21.5 Å². The van der Waals surface area contributed by atoms with Gasteiger partial charge in [-0.3, -0.25) is 4.72 Å². The lowest BCUT2D eigenvalue weighted by atomic mass is 10.3. The molecule has 0 aliphatic heterocycles. The van der Waals surface area contributed by atoms with Gasteiger partial charge < -0.3 is 0 Å². The van der Waals surface area contributed by atoms with Crippen molar-refractivity contribution >= 4 is 50.5 Å². The van der Waals surface area contributed by atoms with E-state index in [1.165, 1.54) is 0 Å². The molecule has 0 bridgehead atoms. The van der Waals surface area contributed by atoms with Gasteiger partial charge in [0.25, 0.3) is 0 Å². The van der Waals surface area contributed by atoms with Gasteiger partial charge in [0, 0.05) is 5.88 Å². The third kappa shape index (κ3) is 4.46. The number of hydrogen-bond acceptors (Lipinski definition) is 2. The minimum absolute atomic E-state index is 0.119. The molecule has 1 unspecified atom stereocenters. The van der Waals surface area contributed by atoms with Crippen LogP contribution in [0, 0.1) is 11.7 Å². The predicted molar refractivity (Wildman–Crippen MR) is 73.7 cm³/mol. The summed E-state index contributed by atoms with van der Waals surface area (Å²) in [7, 11) is -3.57. The Hall–Kier alpha value is -0.230. The van der Waals surface area contributed by atoms with Crippen LogP contribution >= 0.6 is 34.8 Å². The largest absolute Gasteiger partial charge is 0.283 e. The van der Waals surface area contributed by atoms with Gasteiger partial charge in [-0.15, -0.1) is 11.6 Å². The summed E-state index contributed by atoms with van der Waals surface area (Å²) in [5, 5.41) is -0.490. The molecular weight excluding hydrogens is 324 g/mol. The lowest BCUT2D eigenvalue weighted by Gasteiger charge is -2.12. The van der Waals surface area contributed by atoms with E-state index in [4.69, 9.17) is 34.8 Å². The quantitative estimate of drug-likeness (QED) is 0.658. The van der Waals surface area contributed by atoms with Crippen molar-refractivity contribution in [3.63, 3.8) is 0 Å². The summed E-state index contributed by atoms with van der Waals surface area (Å²) >= 11 is 16.7. The molecule has 0 spiro atoms. The minimum Gasteiger partial charge on any atom is -0.283 e. The number of halogens is 4. The van der Waals surface area contributed by atoms with E-state index in [0.717, 1.165) is 12.1 Å². The van der Waals surface area contributed by atoms with Gasteiger partial charge in [-0.1, -0.05) is 30.1 Å². The Bertz CT molecular complexity index is 513. The van der Waals surface area contributed by atoms with Crippen LogP contribution in [0.2, 0.25) is 10.0 Å². The highest BCUT2D eigenvalue weighted by atomic mass is 35.5. The SMILES string of the molecule is CC(CCl)CS(=O)(=O)Nc1cc(Cl)c(F)c(Cl)c1. The number of hydrogen-bond donors (Lipinski definition) is 1. The number of nitrogens with one attached hydrogen (secondary N) is 1. The zero-order chi connectivity index (χ0) is 13.9. The van der Waals surface area contributed by atoms with Crippen LogP contribution in [-0.4, -0.2) is 20.1 Å². The first-order chi connectivity index (χ1) is 8.25. The summed E-state index contributed by atoms with van der Waals surface area (Å²) in [6.07, 6.45) is 0. The van der Waals surface area contributed by atoms with Crippen LogP contribution < -0.4 is 4.72 Å². The Morgan fingerprint density at radius 2 is 1.83 bits per heavy atom. The maximum absolute atomic E-state index is 13.1. The van der Waals surface area contributed by atoms with Crippen LogP contribution in [-0.2, 0) is 10.0 Å². The standard InChI is InChI=1S/C10H11Cl3FNO2S/c1-6(4-11)5-18(16,17)15-7-2-8(12)10(14)9(13)3-7/h2-3,6,15H,4-5H2,1H3. The van der Waals surface area contributed by atoms with Gasteiger partial charge >= 0.3 is 0 Å². The van der Waals surface area contributed by atoms with Crippen molar-refractivity contribution < 1.29 is 12.8 Å². The second-order valence-corrected chi connectivity index (χ2v) is 6.79. The average Bonchev–Trinajstić information content (AvgIpc) is 2.24. The van der Waals surface area contributed by atoms with Crippen molar-refractivity contribution in [2.24, 2.45) is 5.92 Å². The first kappa shape index (κ1) is 15.8. The molecule has 0 saturated carbocycles. The van der Waals surface area contributed by atoms with Gasteiger partial charge in [-0.2, -0.15) is 0 Å². The Kier molecular flexibility index (Phi) is 5.52. The molecule has 0 aliphatic carbocycles. The topological polar surface area (TPSA) is 46.2 Å². The molecule has 1 N–H and O–H groups in total. The summed E-state index contributed by atoms with van der Waals surface area (Å²) in [5.41, 5.74) is 0.119. The van der Waals surface area contributed by atoms with Crippen LogP contribution in [0.4, 0.5) is 10.1 Å². The fraction of sp³-hybridized carbons (Fsp3) is 0.400. The fourth-order valence-electron chi connectivity index (χ4n) is 1.25. The van der Waals surface area contributed by atoms with Crippen molar-refractivity contribution in [1.82, 2.24) is 0 Å². The number of sulfonamides is 1. The van der Waals surface area contributed by atoms with E-state index < -0.39 is 15.8 Å². The smallest absolute Gasteiger partial charge is 0.233 e. The van der Waals surface area contributed by atoms with Crippen LogP contribution in [0.15, 0.2) is 12.1 Å². The normalized spacial score (nSPS) is 13.4. The van der Waals surface area contributed by atoms with Crippen molar-refractivity contribution in [1.29, 1.82) is 0 Å². The van der Waals surface area contributed by atoms with Crippen molar-refractivity contribution in [2.75, 3.05) is 16.4 Å².